The third-order valence-corrected chi connectivity index (χ3v) is 2.74. The van der Waals surface area contributed by atoms with Gasteiger partial charge in [-0.1, -0.05) is 22.3 Å². The molecule has 1 atom stereocenters. The molecule has 0 fully saturated rings. The first-order chi connectivity index (χ1) is 11.0. The van der Waals surface area contributed by atoms with Gasteiger partial charge in [0, 0.05) is 26.6 Å². The highest BCUT2D eigenvalue weighted by molar-refractivity contribution is 5.79. The fourth-order valence-electron chi connectivity index (χ4n) is 1.34. The summed E-state index contributed by atoms with van der Waals surface area (Å²) in [5.41, 5.74) is 0. The molecule has 8 heteroatoms. The van der Waals surface area contributed by atoms with Gasteiger partial charge in [0.15, 0.2) is 5.78 Å². The molecule has 0 saturated carbocycles. The highest BCUT2D eigenvalue weighted by atomic mass is 16.7. The van der Waals surface area contributed by atoms with Crippen LogP contribution in [-0.4, -0.2) is 64.2 Å². The zero-order valence-corrected chi connectivity index (χ0v) is 14.0. The van der Waals surface area contributed by atoms with E-state index in [1.807, 2.05) is 0 Å². The zero-order valence-electron chi connectivity index (χ0n) is 14.0. The fourth-order valence-corrected chi connectivity index (χ4v) is 1.34. The SMILES string of the molecule is C.C.C.COCCCOC(=O)OCCCC(=O)OCCOC(C)C(C)=O. The number of hydrogen-bond donors (Lipinski definition) is 0. The molecule has 0 aliphatic carbocycles. The van der Waals surface area contributed by atoms with E-state index >= 15 is 0 Å². The molecule has 0 rings (SSSR count). The predicted octanol–water partition coefficient (Wildman–Crippen LogP) is 3.40. The Balaban J connectivity index is -0.000000807. The number of carbonyl (C=O) groups excluding carboxylic acids is 3. The zero-order chi connectivity index (χ0) is 17.5. The topological polar surface area (TPSA) is 97.4 Å². The molecule has 0 aliphatic rings. The number of esters is 1. The van der Waals surface area contributed by atoms with Gasteiger partial charge in [0.2, 0.25) is 0 Å². The maximum atomic E-state index is 11.4. The molecule has 0 aliphatic heterocycles. The van der Waals surface area contributed by atoms with Crippen molar-refractivity contribution in [1.82, 2.24) is 0 Å². The number of rotatable bonds is 13. The number of methoxy groups -OCH3 is 1. The van der Waals surface area contributed by atoms with Gasteiger partial charge in [-0.15, -0.1) is 0 Å². The van der Waals surface area contributed by atoms with Crippen LogP contribution >= 0.6 is 0 Å². The molecule has 0 spiro atoms. The minimum Gasteiger partial charge on any atom is -0.463 e. The summed E-state index contributed by atoms with van der Waals surface area (Å²) < 4.78 is 24.4. The van der Waals surface area contributed by atoms with Gasteiger partial charge in [0.25, 0.3) is 0 Å². The summed E-state index contributed by atoms with van der Waals surface area (Å²) in [5.74, 6) is -0.497. The third-order valence-electron chi connectivity index (χ3n) is 2.74. The summed E-state index contributed by atoms with van der Waals surface area (Å²) >= 11 is 0. The van der Waals surface area contributed by atoms with Gasteiger partial charge in [-0.05, 0) is 20.3 Å². The van der Waals surface area contributed by atoms with Crippen molar-refractivity contribution < 1.29 is 38.1 Å². The van der Waals surface area contributed by atoms with Gasteiger partial charge in [-0.25, -0.2) is 4.79 Å². The molecule has 0 N–H and O–H groups in total. The Morgan fingerprint density at radius 3 is 1.92 bits per heavy atom. The number of hydrogen-bond acceptors (Lipinski definition) is 8. The van der Waals surface area contributed by atoms with Gasteiger partial charge >= 0.3 is 12.1 Å². The van der Waals surface area contributed by atoms with Crippen LogP contribution in [0.25, 0.3) is 0 Å². The molecular weight excluding hydrogens is 344 g/mol. The van der Waals surface area contributed by atoms with Crippen LogP contribution in [0.4, 0.5) is 4.79 Å². The summed E-state index contributed by atoms with van der Waals surface area (Å²) in [6, 6.07) is 0. The maximum absolute atomic E-state index is 11.4. The van der Waals surface area contributed by atoms with E-state index < -0.39 is 18.2 Å². The van der Waals surface area contributed by atoms with E-state index in [1.165, 1.54) is 6.92 Å². The number of Topliss-reactive ketones (excluding diaryl/α,β-unsaturated/α-hetero) is 1. The normalized spacial score (nSPS) is 10.3. The lowest BCUT2D eigenvalue weighted by Gasteiger charge is -2.10. The van der Waals surface area contributed by atoms with Crippen molar-refractivity contribution >= 4 is 17.9 Å². The molecule has 0 saturated heterocycles. The quantitative estimate of drug-likeness (QED) is 0.353. The van der Waals surface area contributed by atoms with Gasteiger partial charge in [-0.2, -0.15) is 0 Å². The smallest absolute Gasteiger partial charge is 0.463 e. The van der Waals surface area contributed by atoms with E-state index in [9.17, 15) is 14.4 Å². The van der Waals surface area contributed by atoms with E-state index in [4.69, 9.17) is 23.7 Å². The van der Waals surface area contributed by atoms with Gasteiger partial charge in [0.05, 0.1) is 19.8 Å². The lowest BCUT2D eigenvalue weighted by Crippen LogP contribution is -2.21. The van der Waals surface area contributed by atoms with Crippen molar-refractivity contribution in [1.29, 1.82) is 0 Å². The number of ketones is 1. The number of ether oxygens (including phenoxy) is 5. The van der Waals surface area contributed by atoms with Crippen molar-refractivity contribution in [2.24, 2.45) is 0 Å². The molecule has 0 aromatic heterocycles. The van der Waals surface area contributed by atoms with E-state index in [0.29, 0.717) is 19.4 Å². The fraction of sp³-hybridized carbons (Fsp3) is 0.833. The van der Waals surface area contributed by atoms with Gasteiger partial charge in [0.1, 0.15) is 12.7 Å². The van der Waals surface area contributed by atoms with Crippen molar-refractivity contribution in [2.45, 2.75) is 61.5 Å². The second-order valence-electron chi connectivity index (χ2n) is 4.74. The molecule has 158 valence electrons. The van der Waals surface area contributed by atoms with Crippen LogP contribution in [0.5, 0.6) is 0 Å². The summed E-state index contributed by atoms with van der Waals surface area (Å²) in [6.45, 7) is 4.13. The van der Waals surface area contributed by atoms with Crippen LogP contribution in [-0.2, 0) is 33.3 Å². The van der Waals surface area contributed by atoms with Crippen LogP contribution in [0, 0.1) is 0 Å². The Labute approximate surface area is 158 Å². The first kappa shape index (κ1) is 32.0. The predicted molar refractivity (Wildman–Crippen MR) is 100 cm³/mol. The summed E-state index contributed by atoms with van der Waals surface area (Å²) in [5, 5.41) is 0. The van der Waals surface area contributed by atoms with Crippen LogP contribution in [0.1, 0.15) is 55.4 Å². The second kappa shape index (κ2) is 21.4. The Bertz CT molecular complexity index is 357. The minimum atomic E-state index is -0.763. The minimum absolute atomic E-state index is 0. The second-order valence-corrected chi connectivity index (χ2v) is 4.74. The maximum Gasteiger partial charge on any atom is 0.508 e. The van der Waals surface area contributed by atoms with Crippen molar-refractivity contribution in [2.75, 3.05) is 40.1 Å². The average molecular weight is 382 g/mol. The monoisotopic (exact) mass is 382 g/mol. The summed E-state index contributed by atoms with van der Waals surface area (Å²) in [6.07, 6.45) is -0.198. The highest BCUT2D eigenvalue weighted by Crippen LogP contribution is 1.97. The number of carbonyl (C=O) groups is 3. The Morgan fingerprint density at radius 1 is 0.808 bits per heavy atom. The molecule has 0 aromatic rings. The molecular formula is C18H38O8. The first-order valence-corrected chi connectivity index (χ1v) is 7.53. The van der Waals surface area contributed by atoms with E-state index in [1.54, 1.807) is 14.0 Å². The molecule has 0 amide bonds. The Morgan fingerprint density at radius 2 is 1.38 bits per heavy atom. The molecule has 1 unspecified atom stereocenters. The van der Waals surface area contributed by atoms with Crippen molar-refractivity contribution in [3.8, 4) is 0 Å². The van der Waals surface area contributed by atoms with E-state index in [0.717, 1.165) is 0 Å². The van der Waals surface area contributed by atoms with Gasteiger partial charge in [-0.3, -0.25) is 9.59 Å². The molecule has 0 bridgehead atoms. The Hall–Kier alpha value is -1.67. The lowest BCUT2D eigenvalue weighted by atomic mass is 10.3. The standard InChI is InChI=1S/C15H26O8.3CH4/c1-12(16)13(2)20-10-11-21-14(17)6-4-8-22-15(18)23-9-5-7-19-3;;;/h13H,4-11H2,1-3H3;3*1H4. The Kier molecular flexibility index (Phi) is 26.3. The summed E-state index contributed by atoms with van der Waals surface area (Å²) in [4.78, 5) is 33.4. The highest BCUT2D eigenvalue weighted by Gasteiger charge is 2.09. The first-order valence-electron chi connectivity index (χ1n) is 7.53. The van der Waals surface area contributed by atoms with E-state index in [2.05, 4.69) is 0 Å². The lowest BCUT2D eigenvalue weighted by molar-refractivity contribution is -0.146. The van der Waals surface area contributed by atoms with Crippen LogP contribution in [0.2, 0.25) is 0 Å². The molecule has 0 aromatic carbocycles. The molecule has 26 heavy (non-hydrogen) atoms. The summed E-state index contributed by atoms with van der Waals surface area (Å²) in [7, 11) is 1.56. The van der Waals surface area contributed by atoms with Crippen molar-refractivity contribution in [3.05, 3.63) is 0 Å². The van der Waals surface area contributed by atoms with Crippen LogP contribution in [0.3, 0.4) is 0 Å². The average Bonchev–Trinajstić information content (AvgIpc) is 2.52. The largest absolute Gasteiger partial charge is 0.508 e. The van der Waals surface area contributed by atoms with Crippen molar-refractivity contribution in [3.63, 3.8) is 0 Å². The van der Waals surface area contributed by atoms with Crippen LogP contribution in [0.15, 0.2) is 0 Å². The molecule has 0 heterocycles. The molecule has 0 radical (unpaired) electrons. The molecule has 8 nitrogen and oxygen atoms in total. The van der Waals surface area contributed by atoms with E-state index in [-0.39, 0.29) is 60.9 Å². The van der Waals surface area contributed by atoms with Gasteiger partial charge < -0.3 is 23.7 Å². The van der Waals surface area contributed by atoms with Crippen LogP contribution < -0.4 is 0 Å². The third kappa shape index (κ3) is 20.4.